The molecular weight excluding hydrogens is 377 g/mol. The van der Waals surface area contributed by atoms with Gasteiger partial charge in [0.2, 0.25) is 5.43 Å². The van der Waals surface area contributed by atoms with Gasteiger partial charge in [-0.25, -0.2) is 9.18 Å². The predicted octanol–water partition coefficient (Wildman–Crippen LogP) is 2.00. The van der Waals surface area contributed by atoms with Crippen molar-refractivity contribution < 1.29 is 19.0 Å². The number of aromatic nitrogens is 1. The molecule has 0 bridgehead atoms. The van der Waals surface area contributed by atoms with Crippen LogP contribution in [-0.2, 0) is 0 Å². The number of pyridine rings is 1. The zero-order chi connectivity index (χ0) is 18.7. The fourth-order valence-electron chi connectivity index (χ4n) is 3.83. The highest BCUT2D eigenvalue weighted by Crippen LogP contribution is 2.43. The minimum atomic E-state index is -1.33. The van der Waals surface area contributed by atoms with Gasteiger partial charge in [-0.2, -0.15) is 0 Å². The Hall–Kier alpha value is -2.32. The first-order valence-electron chi connectivity index (χ1n) is 8.57. The highest BCUT2D eigenvalue weighted by Gasteiger charge is 2.34. The van der Waals surface area contributed by atoms with Gasteiger partial charge in [0.15, 0.2) is 11.6 Å². The first-order chi connectivity index (χ1) is 12.3. The molecule has 3 N–H and O–H groups in total. The van der Waals surface area contributed by atoms with E-state index in [9.17, 15) is 19.1 Å². The van der Waals surface area contributed by atoms with Gasteiger partial charge >= 0.3 is 5.97 Å². The van der Waals surface area contributed by atoms with Gasteiger partial charge in [-0.05, 0) is 18.9 Å². The highest BCUT2D eigenvalue weighted by molar-refractivity contribution is 5.97. The van der Waals surface area contributed by atoms with Crippen molar-refractivity contribution in [3.8, 4) is 5.75 Å². The third-order valence-corrected chi connectivity index (χ3v) is 5.36. The molecule has 146 valence electrons. The molecule has 1 saturated heterocycles. The average Bonchev–Trinajstić information content (AvgIpc) is 2.90. The summed E-state index contributed by atoms with van der Waals surface area (Å²) in [6.45, 7) is 5.21. The van der Waals surface area contributed by atoms with Crippen molar-refractivity contribution in [3.05, 3.63) is 33.9 Å². The van der Waals surface area contributed by atoms with Crippen molar-refractivity contribution in [3.63, 3.8) is 0 Å². The lowest BCUT2D eigenvalue weighted by atomic mass is 10.1. The number of halogens is 2. The number of hydrogen-bond acceptors (Lipinski definition) is 5. The Bertz CT molecular complexity index is 983. The number of hydrogen-bond donors (Lipinski definition) is 2. The Morgan fingerprint density at radius 1 is 1.37 bits per heavy atom. The van der Waals surface area contributed by atoms with E-state index in [0.29, 0.717) is 24.3 Å². The molecule has 0 spiro atoms. The summed E-state index contributed by atoms with van der Waals surface area (Å²) in [7, 11) is 0. The predicted molar refractivity (Wildman–Crippen MR) is 102 cm³/mol. The molecule has 27 heavy (non-hydrogen) atoms. The summed E-state index contributed by atoms with van der Waals surface area (Å²) >= 11 is 0. The lowest BCUT2D eigenvalue weighted by Gasteiger charge is -2.31. The molecule has 2 aromatic rings. The Kier molecular flexibility index (Phi) is 4.81. The fourth-order valence-corrected chi connectivity index (χ4v) is 3.83. The number of aromatic carboxylic acids is 1. The molecule has 0 radical (unpaired) electrons. The number of carboxylic acid groups (broad SMARTS) is 1. The molecule has 1 aromatic heterocycles. The van der Waals surface area contributed by atoms with Crippen molar-refractivity contribution in [2.45, 2.75) is 25.9 Å². The van der Waals surface area contributed by atoms with E-state index in [0.717, 1.165) is 6.07 Å². The lowest BCUT2D eigenvalue weighted by Crippen LogP contribution is -2.31. The van der Waals surface area contributed by atoms with Crippen LogP contribution in [0.25, 0.3) is 10.9 Å². The van der Waals surface area contributed by atoms with E-state index in [1.807, 2.05) is 18.7 Å². The van der Waals surface area contributed by atoms with E-state index in [4.69, 9.17) is 10.5 Å². The second kappa shape index (κ2) is 6.69. The fraction of sp³-hybridized carbons (Fsp3) is 0.444. The van der Waals surface area contributed by atoms with Crippen molar-refractivity contribution in [2.24, 2.45) is 11.7 Å². The maximum atomic E-state index is 15.0. The lowest BCUT2D eigenvalue weighted by molar-refractivity contribution is 0.0694. The molecule has 3 unspecified atom stereocenters. The van der Waals surface area contributed by atoms with Crippen LogP contribution in [-0.4, -0.2) is 41.4 Å². The topological polar surface area (TPSA) is 97.8 Å². The minimum Gasteiger partial charge on any atom is -0.487 e. The van der Waals surface area contributed by atoms with Gasteiger partial charge in [0.05, 0.1) is 16.9 Å². The van der Waals surface area contributed by atoms with Crippen LogP contribution in [0.5, 0.6) is 5.75 Å². The summed E-state index contributed by atoms with van der Waals surface area (Å²) in [6.07, 6.45) is 1.32. The van der Waals surface area contributed by atoms with E-state index in [-0.39, 0.29) is 53.7 Å². The van der Waals surface area contributed by atoms with Crippen LogP contribution in [0, 0.1) is 11.7 Å². The van der Waals surface area contributed by atoms with Crippen LogP contribution >= 0.6 is 12.4 Å². The summed E-state index contributed by atoms with van der Waals surface area (Å²) in [5.74, 6) is -1.44. The first kappa shape index (κ1) is 19.4. The summed E-state index contributed by atoms with van der Waals surface area (Å²) in [4.78, 5) is 25.8. The molecule has 1 aromatic carbocycles. The van der Waals surface area contributed by atoms with E-state index in [1.54, 1.807) is 4.57 Å². The molecule has 9 heteroatoms. The van der Waals surface area contributed by atoms with Crippen LogP contribution in [0.2, 0.25) is 0 Å². The Morgan fingerprint density at radius 2 is 2.07 bits per heavy atom. The Labute approximate surface area is 160 Å². The normalized spacial score (nSPS) is 23.9. The summed E-state index contributed by atoms with van der Waals surface area (Å²) in [6, 6.07) is 0.869. The average molecular weight is 398 g/mol. The number of nitrogens with zero attached hydrogens (tertiary/aromatic N) is 2. The van der Waals surface area contributed by atoms with Gasteiger partial charge in [0.1, 0.15) is 17.9 Å². The second-order valence-corrected chi connectivity index (χ2v) is 7.22. The third-order valence-electron chi connectivity index (χ3n) is 5.36. The van der Waals surface area contributed by atoms with Gasteiger partial charge < -0.3 is 25.0 Å². The number of anilines is 1. The van der Waals surface area contributed by atoms with Crippen molar-refractivity contribution in [2.75, 3.05) is 24.6 Å². The van der Waals surface area contributed by atoms with Gasteiger partial charge in [0, 0.05) is 25.3 Å². The minimum absolute atomic E-state index is 0. The number of nitrogens with two attached hydrogens (primary N) is 1. The molecule has 2 aliphatic rings. The van der Waals surface area contributed by atoms with E-state index < -0.39 is 17.2 Å². The molecule has 4 rings (SSSR count). The summed E-state index contributed by atoms with van der Waals surface area (Å²) in [5, 5.41) is 9.33. The SMILES string of the molecule is CC1CN(c2c(F)cc3c(=O)c(C(=O)O)cn4c3c2OCC4C)CC1N.Cl. The molecule has 0 saturated carbocycles. The van der Waals surface area contributed by atoms with Gasteiger partial charge in [-0.3, -0.25) is 4.79 Å². The van der Waals surface area contributed by atoms with E-state index in [1.165, 1.54) is 6.20 Å². The van der Waals surface area contributed by atoms with Crippen LogP contribution in [0.1, 0.15) is 30.2 Å². The summed E-state index contributed by atoms with van der Waals surface area (Å²) in [5.41, 5.74) is 5.72. The zero-order valence-corrected chi connectivity index (χ0v) is 15.8. The second-order valence-electron chi connectivity index (χ2n) is 7.22. The first-order valence-corrected chi connectivity index (χ1v) is 8.57. The molecule has 0 aliphatic carbocycles. The molecule has 3 atom stereocenters. The number of benzene rings is 1. The van der Waals surface area contributed by atoms with Crippen LogP contribution in [0.15, 0.2) is 17.1 Å². The maximum absolute atomic E-state index is 15.0. The monoisotopic (exact) mass is 397 g/mol. The molecule has 7 nitrogen and oxygen atoms in total. The standard InChI is InChI=1S/C18H20FN3O4.ClH/c1-8-4-21(6-13(8)20)15-12(19)3-10-14-17(15)26-7-9(2)22(14)5-11(16(10)23)18(24)25;/h3,5,8-9,13H,4,6-7,20H2,1-2H3,(H,24,25);1H. The zero-order valence-electron chi connectivity index (χ0n) is 14.9. The van der Waals surface area contributed by atoms with Crippen molar-refractivity contribution >= 4 is 35.0 Å². The highest BCUT2D eigenvalue weighted by atomic mass is 35.5. The van der Waals surface area contributed by atoms with Crippen LogP contribution in [0.3, 0.4) is 0 Å². The molecule has 3 heterocycles. The smallest absolute Gasteiger partial charge is 0.341 e. The van der Waals surface area contributed by atoms with Crippen molar-refractivity contribution in [1.29, 1.82) is 0 Å². The van der Waals surface area contributed by atoms with Crippen LogP contribution in [0.4, 0.5) is 10.1 Å². The maximum Gasteiger partial charge on any atom is 0.341 e. The molecule has 2 aliphatic heterocycles. The van der Waals surface area contributed by atoms with E-state index in [2.05, 4.69) is 0 Å². The number of carbonyl (C=O) groups is 1. The number of carboxylic acids is 1. The van der Waals surface area contributed by atoms with E-state index >= 15 is 0 Å². The van der Waals surface area contributed by atoms with Crippen molar-refractivity contribution in [1.82, 2.24) is 4.57 Å². The molecule has 0 amide bonds. The van der Waals surface area contributed by atoms with Gasteiger partial charge in [0.25, 0.3) is 0 Å². The Balaban J connectivity index is 0.00000210. The quantitative estimate of drug-likeness (QED) is 0.804. The number of rotatable bonds is 2. The third kappa shape index (κ3) is 2.83. The largest absolute Gasteiger partial charge is 0.487 e. The Morgan fingerprint density at radius 3 is 2.67 bits per heavy atom. The molecular formula is C18H21ClFN3O4. The van der Waals surface area contributed by atoms with Crippen LogP contribution < -0.4 is 20.8 Å². The molecule has 1 fully saturated rings. The summed E-state index contributed by atoms with van der Waals surface area (Å²) < 4.78 is 22.5. The van der Waals surface area contributed by atoms with Gasteiger partial charge in [-0.15, -0.1) is 12.4 Å². The number of ether oxygens (including phenoxy) is 1. The van der Waals surface area contributed by atoms with Gasteiger partial charge in [-0.1, -0.05) is 6.92 Å².